The van der Waals surface area contributed by atoms with Gasteiger partial charge in [0.2, 0.25) is 0 Å². The quantitative estimate of drug-likeness (QED) is 0.757. The molecule has 4 heteroatoms. The molecule has 2 rings (SSSR count). The van der Waals surface area contributed by atoms with Crippen molar-refractivity contribution in [1.82, 2.24) is 0 Å². The maximum Gasteiger partial charge on any atom is 0.151 e. The molecule has 0 unspecified atom stereocenters. The molecule has 1 aromatic carbocycles. The van der Waals surface area contributed by atoms with Crippen molar-refractivity contribution < 1.29 is 19.1 Å². The van der Waals surface area contributed by atoms with E-state index in [0.29, 0.717) is 6.42 Å². The van der Waals surface area contributed by atoms with Crippen LogP contribution in [0.3, 0.4) is 0 Å². The molecule has 0 radical (unpaired) electrons. The first-order valence-electron chi connectivity index (χ1n) is 6.33. The van der Waals surface area contributed by atoms with E-state index in [1.807, 2.05) is 24.3 Å². The van der Waals surface area contributed by atoms with Gasteiger partial charge in [0.1, 0.15) is 11.7 Å². The van der Waals surface area contributed by atoms with E-state index in [0.717, 1.165) is 11.3 Å². The van der Waals surface area contributed by atoms with E-state index in [2.05, 4.69) is 0 Å². The van der Waals surface area contributed by atoms with Crippen LogP contribution < -0.4 is 4.74 Å². The largest absolute Gasteiger partial charge is 0.497 e. The van der Waals surface area contributed by atoms with Crippen molar-refractivity contribution in [2.24, 2.45) is 5.92 Å². The number of aryl methyl sites for hydroxylation is 1. The molecule has 0 atom stereocenters. The number of hydrogen-bond donors (Lipinski definition) is 0. The molecular weight excluding hydrogens is 244 g/mol. The molecule has 4 nitrogen and oxygen atoms in total. The molecule has 100 valence electrons. The minimum atomic E-state index is -0.988. The van der Waals surface area contributed by atoms with Crippen molar-refractivity contribution in [1.29, 1.82) is 0 Å². The first-order chi connectivity index (χ1) is 9.11. The van der Waals surface area contributed by atoms with E-state index in [4.69, 9.17) is 4.74 Å². The standard InChI is InChI=1S/C15H16O4/c1-19-11-5-2-10(3-6-11)4-7-12(16)15-13(17)8-9-14(15)18/h2-3,5-6,15H,4,7-9H2,1H3. The number of rotatable bonds is 5. The van der Waals surface area contributed by atoms with Crippen molar-refractivity contribution in [2.45, 2.75) is 25.7 Å². The number of Topliss-reactive ketones (excluding diaryl/α,β-unsaturated/α-hetero) is 3. The molecule has 0 aliphatic heterocycles. The zero-order chi connectivity index (χ0) is 13.8. The molecule has 0 spiro atoms. The summed E-state index contributed by atoms with van der Waals surface area (Å²) in [5.74, 6) is -0.910. The van der Waals surface area contributed by atoms with Crippen LogP contribution in [0.25, 0.3) is 0 Å². The Morgan fingerprint density at radius 1 is 1.16 bits per heavy atom. The van der Waals surface area contributed by atoms with E-state index in [9.17, 15) is 14.4 Å². The molecule has 0 N–H and O–H groups in total. The van der Waals surface area contributed by atoms with Gasteiger partial charge in [-0.05, 0) is 24.1 Å². The Hall–Kier alpha value is -1.97. The highest BCUT2D eigenvalue weighted by Gasteiger charge is 2.37. The van der Waals surface area contributed by atoms with Gasteiger partial charge in [-0.3, -0.25) is 14.4 Å². The van der Waals surface area contributed by atoms with Gasteiger partial charge in [0.05, 0.1) is 7.11 Å². The first kappa shape index (κ1) is 13.5. The summed E-state index contributed by atoms with van der Waals surface area (Å²) < 4.78 is 5.05. The molecule has 1 aromatic rings. The maximum absolute atomic E-state index is 11.9. The lowest BCUT2D eigenvalue weighted by Gasteiger charge is -2.06. The van der Waals surface area contributed by atoms with Crippen LogP contribution >= 0.6 is 0 Å². The molecule has 1 saturated carbocycles. The molecule has 0 saturated heterocycles. The Morgan fingerprint density at radius 2 is 1.74 bits per heavy atom. The van der Waals surface area contributed by atoms with Crippen LogP contribution in [-0.2, 0) is 20.8 Å². The van der Waals surface area contributed by atoms with Crippen LogP contribution in [0.15, 0.2) is 24.3 Å². The van der Waals surface area contributed by atoms with E-state index in [1.165, 1.54) is 0 Å². The van der Waals surface area contributed by atoms with E-state index >= 15 is 0 Å². The van der Waals surface area contributed by atoms with Gasteiger partial charge in [0, 0.05) is 19.3 Å². The van der Waals surface area contributed by atoms with Gasteiger partial charge < -0.3 is 4.74 Å². The summed E-state index contributed by atoms with van der Waals surface area (Å²) in [4.78, 5) is 34.8. The van der Waals surface area contributed by atoms with Crippen molar-refractivity contribution in [3.63, 3.8) is 0 Å². The molecule has 19 heavy (non-hydrogen) atoms. The number of carbonyl (C=O) groups is 3. The summed E-state index contributed by atoms with van der Waals surface area (Å²) in [6.45, 7) is 0. The second-order valence-electron chi connectivity index (χ2n) is 4.68. The smallest absolute Gasteiger partial charge is 0.151 e. The fourth-order valence-electron chi connectivity index (χ4n) is 2.28. The zero-order valence-corrected chi connectivity index (χ0v) is 10.8. The molecule has 1 aliphatic rings. The van der Waals surface area contributed by atoms with Gasteiger partial charge in [-0.1, -0.05) is 12.1 Å². The molecular formula is C15H16O4. The molecule has 0 heterocycles. The van der Waals surface area contributed by atoms with E-state index in [-0.39, 0.29) is 36.6 Å². The number of ether oxygens (including phenoxy) is 1. The average Bonchev–Trinajstić information content (AvgIpc) is 2.76. The third-order valence-corrected chi connectivity index (χ3v) is 3.40. The SMILES string of the molecule is COc1ccc(CCC(=O)C2C(=O)CCC2=O)cc1. The number of hydrogen-bond acceptors (Lipinski definition) is 4. The fraction of sp³-hybridized carbons (Fsp3) is 0.400. The Morgan fingerprint density at radius 3 is 2.26 bits per heavy atom. The highest BCUT2D eigenvalue weighted by molar-refractivity contribution is 6.23. The lowest BCUT2D eigenvalue weighted by molar-refractivity contribution is -0.136. The minimum Gasteiger partial charge on any atom is -0.497 e. The van der Waals surface area contributed by atoms with Crippen molar-refractivity contribution in [3.8, 4) is 5.75 Å². The Kier molecular flexibility index (Phi) is 4.10. The first-order valence-corrected chi connectivity index (χ1v) is 6.33. The lowest BCUT2D eigenvalue weighted by Crippen LogP contribution is -2.25. The molecule has 0 amide bonds. The van der Waals surface area contributed by atoms with Crippen LogP contribution in [0.4, 0.5) is 0 Å². The Balaban J connectivity index is 1.92. The van der Waals surface area contributed by atoms with Crippen LogP contribution in [-0.4, -0.2) is 24.5 Å². The fourth-order valence-corrected chi connectivity index (χ4v) is 2.28. The predicted octanol–water partition coefficient (Wildman–Crippen LogP) is 1.75. The Labute approximate surface area is 111 Å². The highest BCUT2D eigenvalue weighted by atomic mass is 16.5. The van der Waals surface area contributed by atoms with Gasteiger partial charge in [-0.15, -0.1) is 0 Å². The summed E-state index contributed by atoms with van der Waals surface area (Å²) in [6, 6.07) is 7.41. The third kappa shape index (κ3) is 3.08. The van der Waals surface area contributed by atoms with Gasteiger partial charge in [0.25, 0.3) is 0 Å². The molecule has 0 bridgehead atoms. The van der Waals surface area contributed by atoms with E-state index in [1.54, 1.807) is 7.11 Å². The molecule has 1 fully saturated rings. The lowest BCUT2D eigenvalue weighted by atomic mass is 9.95. The highest BCUT2D eigenvalue weighted by Crippen LogP contribution is 2.21. The number of methoxy groups -OCH3 is 1. The zero-order valence-electron chi connectivity index (χ0n) is 10.8. The van der Waals surface area contributed by atoms with Gasteiger partial charge in [-0.25, -0.2) is 0 Å². The van der Waals surface area contributed by atoms with Crippen LogP contribution in [0.5, 0.6) is 5.75 Å². The normalized spacial score (nSPS) is 15.8. The van der Waals surface area contributed by atoms with Gasteiger partial charge in [-0.2, -0.15) is 0 Å². The van der Waals surface area contributed by atoms with Gasteiger partial charge >= 0.3 is 0 Å². The number of benzene rings is 1. The third-order valence-electron chi connectivity index (χ3n) is 3.40. The second-order valence-corrected chi connectivity index (χ2v) is 4.68. The Bertz CT molecular complexity index is 485. The van der Waals surface area contributed by atoms with Crippen molar-refractivity contribution >= 4 is 17.3 Å². The van der Waals surface area contributed by atoms with Crippen LogP contribution in [0.1, 0.15) is 24.8 Å². The second kappa shape index (κ2) is 5.78. The predicted molar refractivity (Wildman–Crippen MR) is 69.1 cm³/mol. The summed E-state index contributed by atoms with van der Waals surface area (Å²) in [5.41, 5.74) is 0.993. The van der Waals surface area contributed by atoms with E-state index < -0.39 is 5.92 Å². The van der Waals surface area contributed by atoms with Gasteiger partial charge in [0.15, 0.2) is 17.3 Å². The summed E-state index contributed by atoms with van der Waals surface area (Å²) >= 11 is 0. The van der Waals surface area contributed by atoms with Crippen LogP contribution in [0, 0.1) is 5.92 Å². The molecule has 0 aromatic heterocycles. The summed E-state index contributed by atoms with van der Waals surface area (Å²) in [6.07, 6.45) is 1.21. The van der Waals surface area contributed by atoms with Crippen molar-refractivity contribution in [2.75, 3.05) is 7.11 Å². The molecule has 1 aliphatic carbocycles. The maximum atomic E-state index is 11.9. The summed E-state index contributed by atoms with van der Waals surface area (Å²) in [5, 5.41) is 0. The minimum absolute atomic E-state index is 0.218. The van der Waals surface area contributed by atoms with Crippen LogP contribution in [0.2, 0.25) is 0 Å². The van der Waals surface area contributed by atoms with Crippen molar-refractivity contribution in [3.05, 3.63) is 29.8 Å². The number of carbonyl (C=O) groups excluding carboxylic acids is 3. The monoisotopic (exact) mass is 260 g/mol. The average molecular weight is 260 g/mol. The summed E-state index contributed by atoms with van der Waals surface area (Å²) in [7, 11) is 1.59. The number of ketones is 3. The topological polar surface area (TPSA) is 60.4 Å².